The molecule has 4 rings (SSSR count). The van der Waals surface area contributed by atoms with Gasteiger partial charge in [0.1, 0.15) is 23.2 Å². The molecule has 0 bridgehead atoms. The Morgan fingerprint density at radius 3 is 2.67 bits per heavy atom. The van der Waals surface area contributed by atoms with Crippen molar-refractivity contribution in [3.05, 3.63) is 65.2 Å². The summed E-state index contributed by atoms with van der Waals surface area (Å²) in [6.07, 6.45) is -4.44. The lowest BCUT2D eigenvalue weighted by atomic mass is 10.1. The molecule has 2 heterocycles. The number of nitrogens with one attached hydrogen (secondary N) is 1. The van der Waals surface area contributed by atoms with E-state index in [0.717, 1.165) is 17.6 Å². The van der Waals surface area contributed by atoms with Crippen LogP contribution in [0.25, 0.3) is 16.6 Å². The second-order valence-electron chi connectivity index (χ2n) is 7.07. The van der Waals surface area contributed by atoms with Crippen molar-refractivity contribution in [1.29, 1.82) is 5.41 Å². The number of halogens is 3. The molecule has 0 saturated heterocycles. The molecule has 1 aliphatic heterocycles. The highest BCUT2D eigenvalue weighted by atomic mass is 19.4. The Hall–Kier alpha value is -3.49. The summed E-state index contributed by atoms with van der Waals surface area (Å²) in [6.45, 7) is 0.0883. The average molecular weight is 416 g/mol. The normalized spacial score (nSPS) is 14.8. The van der Waals surface area contributed by atoms with Gasteiger partial charge in [0.25, 0.3) is 0 Å². The van der Waals surface area contributed by atoms with E-state index < -0.39 is 11.7 Å². The Morgan fingerprint density at radius 2 is 1.97 bits per heavy atom. The fraction of sp³-hybridized carbons (Fsp3) is 0.238. The molecule has 156 valence electrons. The van der Waals surface area contributed by atoms with Gasteiger partial charge in [-0.3, -0.25) is 5.41 Å². The first-order valence-electron chi connectivity index (χ1n) is 9.12. The highest BCUT2D eigenvalue weighted by Gasteiger charge is 2.33. The molecule has 0 atom stereocenters. The van der Waals surface area contributed by atoms with E-state index in [0.29, 0.717) is 22.7 Å². The van der Waals surface area contributed by atoms with Crippen molar-refractivity contribution in [1.82, 2.24) is 14.5 Å². The minimum absolute atomic E-state index is 0.00952. The van der Waals surface area contributed by atoms with Crippen LogP contribution in [0.3, 0.4) is 0 Å². The summed E-state index contributed by atoms with van der Waals surface area (Å²) >= 11 is 0. The van der Waals surface area contributed by atoms with Crippen molar-refractivity contribution < 1.29 is 23.0 Å². The second kappa shape index (κ2) is 7.08. The van der Waals surface area contributed by atoms with Crippen LogP contribution in [0.1, 0.15) is 17.0 Å². The summed E-state index contributed by atoms with van der Waals surface area (Å²) < 4.78 is 45.9. The summed E-state index contributed by atoms with van der Waals surface area (Å²) in [7, 11) is 3.33. The van der Waals surface area contributed by atoms with Crippen LogP contribution in [-0.4, -0.2) is 39.0 Å². The Kier molecular flexibility index (Phi) is 4.68. The first-order chi connectivity index (χ1) is 14.2. The standard InChI is InChI=1S/C21H19F3N4O2/c1-27-16-7-6-14(30-2)9-15(16)26-20(27)18-17(29)11-28(19(18)25)10-12-4-3-5-13(8-12)21(22,23)24/h3-9,25,29H,10-11H2,1-2H3. The molecule has 3 aromatic rings. The number of hydrogen-bond donors (Lipinski definition) is 2. The number of nitrogens with zero attached hydrogens (tertiary/aromatic N) is 3. The van der Waals surface area contributed by atoms with Crippen LogP contribution in [0.2, 0.25) is 0 Å². The van der Waals surface area contributed by atoms with E-state index in [-0.39, 0.29) is 30.3 Å². The van der Waals surface area contributed by atoms with E-state index in [1.165, 1.54) is 11.0 Å². The van der Waals surface area contributed by atoms with Gasteiger partial charge in [-0.2, -0.15) is 13.2 Å². The summed E-state index contributed by atoms with van der Waals surface area (Å²) in [5, 5.41) is 19.0. The number of benzene rings is 2. The largest absolute Gasteiger partial charge is 0.510 e. The molecule has 0 radical (unpaired) electrons. The molecule has 0 amide bonds. The topological polar surface area (TPSA) is 74.4 Å². The first kappa shape index (κ1) is 19.8. The molecule has 0 unspecified atom stereocenters. The first-order valence-corrected chi connectivity index (χ1v) is 9.12. The number of aryl methyl sites for hydroxylation is 1. The predicted octanol–water partition coefficient (Wildman–Crippen LogP) is 4.36. The van der Waals surface area contributed by atoms with E-state index in [1.54, 1.807) is 36.9 Å². The summed E-state index contributed by atoms with van der Waals surface area (Å²) in [6, 6.07) is 10.4. The Morgan fingerprint density at radius 1 is 1.20 bits per heavy atom. The zero-order valence-electron chi connectivity index (χ0n) is 16.3. The molecule has 1 aromatic heterocycles. The molecule has 6 nitrogen and oxygen atoms in total. The maximum absolute atomic E-state index is 13.0. The van der Waals surface area contributed by atoms with Crippen molar-refractivity contribution >= 4 is 22.4 Å². The molecule has 2 N–H and O–H groups in total. The minimum atomic E-state index is -4.44. The zero-order chi connectivity index (χ0) is 21.6. The third-order valence-electron chi connectivity index (χ3n) is 5.12. The van der Waals surface area contributed by atoms with Crippen molar-refractivity contribution in [2.75, 3.05) is 13.7 Å². The highest BCUT2D eigenvalue weighted by Crippen LogP contribution is 2.32. The Bertz CT molecular complexity index is 1180. The van der Waals surface area contributed by atoms with E-state index in [4.69, 9.17) is 10.1 Å². The lowest BCUT2D eigenvalue weighted by molar-refractivity contribution is -0.137. The number of aliphatic hydroxyl groups is 1. The number of ether oxygens (including phenoxy) is 1. The number of fused-ring (bicyclic) bond motifs is 1. The number of aromatic nitrogens is 2. The molecule has 0 fully saturated rings. The van der Waals surface area contributed by atoms with Gasteiger partial charge < -0.3 is 19.3 Å². The van der Waals surface area contributed by atoms with Crippen LogP contribution >= 0.6 is 0 Å². The highest BCUT2D eigenvalue weighted by molar-refractivity contribution is 6.23. The predicted molar refractivity (Wildman–Crippen MR) is 106 cm³/mol. The molecule has 2 aromatic carbocycles. The Labute approximate surface area is 170 Å². The van der Waals surface area contributed by atoms with Crippen LogP contribution < -0.4 is 4.74 Å². The molecule has 30 heavy (non-hydrogen) atoms. The average Bonchev–Trinajstić information content (AvgIpc) is 3.16. The van der Waals surface area contributed by atoms with Crippen molar-refractivity contribution in [2.45, 2.75) is 12.7 Å². The van der Waals surface area contributed by atoms with E-state index in [9.17, 15) is 18.3 Å². The second-order valence-corrected chi connectivity index (χ2v) is 7.07. The number of rotatable bonds is 4. The van der Waals surface area contributed by atoms with Gasteiger partial charge in [-0.1, -0.05) is 12.1 Å². The van der Waals surface area contributed by atoms with Gasteiger partial charge in [-0.15, -0.1) is 0 Å². The minimum Gasteiger partial charge on any atom is -0.510 e. The van der Waals surface area contributed by atoms with Gasteiger partial charge in [-0.25, -0.2) is 4.98 Å². The zero-order valence-corrected chi connectivity index (χ0v) is 16.3. The van der Waals surface area contributed by atoms with Crippen LogP contribution in [-0.2, 0) is 19.8 Å². The van der Waals surface area contributed by atoms with Gasteiger partial charge in [-0.05, 0) is 29.8 Å². The quantitative estimate of drug-likeness (QED) is 0.663. The molecule has 9 heteroatoms. The van der Waals surface area contributed by atoms with Gasteiger partial charge in [0, 0.05) is 19.7 Å². The van der Waals surface area contributed by atoms with Gasteiger partial charge in [0.05, 0.1) is 35.8 Å². The van der Waals surface area contributed by atoms with Crippen LogP contribution in [0, 0.1) is 5.41 Å². The van der Waals surface area contributed by atoms with Crippen molar-refractivity contribution in [3.63, 3.8) is 0 Å². The number of imidazole rings is 1. The molecule has 1 aliphatic rings. The number of aliphatic hydroxyl groups excluding tert-OH is 1. The fourth-order valence-corrected chi connectivity index (χ4v) is 3.60. The SMILES string of the molecule is COc1ccc2c(c1)nc(C1=C(O)CN(Cc3cccc(C(F)(F)F)c3)C1=N)n2C. The molecular formula is C21H19F3N4O2. The summed E-state index contributed by atoms with van der Waals surface area (Å²) in [5.74, 6) is 1.01. The summed E-state index contributed by atoms with van der Waals surface area (Å²) in [4.78, 5) is 6.05. The lowest BCUT2D eigenvalue weighted by Crippen LogP contribution is -2.26. The number of methoxy groups -OCH3 is 1. The van der Waals surface area contributed by atoms with E-state index >= 15 is 0 Å². The molecule has 0 saturated carbocycles. The maximum atomic E-state index is 13.0. The lowest BCUT2D eigenvalue weighted by Gasteiger charge is -2.19. The molecular weight excluding hydrogens is 397 g/mol. The van der Waals surface area contributed by atoms with Crippen LogP contribution in [0.4, 0.5) is 13.2 Å². The summed E-state index contributed by atoms with van der Waals surface area (Å²) in [5.41, 5.74) is 1.37. The third-order valence-corrected chi connectivity index (χ3v) is 5.12. The number of amidine groups is 1. The smallest absolute Gasteiger partial charge is 0.416 e. The fourth-order valence-electron chi connectivity index (χ4n) is 3.60. The van der Waals surface area contributed by atoms with Crippen molar-refractivity contribution in [2.24, 2.45) is 7.05 Å². The maximum Gasteiger partial charge on any atom is 0.416 e. The Balaban J connectivity index is 1.63. The number of alkyl halides is 3. The molecule has 0 spiro atoms. The van der Waals surface area contributed by atoms with Gasteiger partial charge in [0.2, 0.25) is 0 Å². The van der Waals surface area contributed by atoms with Gasteiger partial charge >= 0.3 is 6.18 Å². The van der Waals surface area contributed by atoms with Crippen molar-refractivity contribution in [3.8, 4) is 5.75 Å². The van der Waals surface area contributed by atoms with Crippen LogP contribution in [0.15, 0.2) is 48.2 Å². The third kappa shape index (κ3) is 3.36. The van der Waals surface area contributed by atoms with E-state index in [1.807, 2.05) is 6.07 Å². The number of hydrogen-bond acceptors (Lipinski definition) is 4. The monoisotopic (exact) mass is 416 g/mol. The van der Waals surface area contributed by atoms with Crippen LogP contribution in [0.5, 0.6) is 5.75 Å². The van der Waals surface area contributed by atoms with E-state index in [2.05, 4.69) is 4.98 Å². The van der Waals surface area contributed by atoms with Gasteiger partial charge in [0.15, 0.2) is 0 Å². The molecule has 0 aliphatic carbocycles.